The molecular weight excluding hydrogens is 368 g/mol. The van der Waals surface area contributed by atoms with Crippen molar-refractivity contribution >= 4 is 5.78 Å². The molecule has 29 heavy (non-hydrogen) atoms. The summed E-state index contributed by atoms with van der Waals surface area (Å²) in [5, 5.41) is 10.5. The quantitative estimate of drug-likeness (QED) is 0.632. The number of methoxy groups -OCH3 is 1. The molecule has 0 aromatic heterocycles. The summed E-state index contributed by atoms with van der Waals surface area (Å²) in [6.07, 6.45) is -1.16. The number of hydrogen-bond acceptors (Lipinski definition) is 5. The molecule has 0 saturated heterocycles. The number of aryl methyl sites for hydroxylation is 1. The van der Waals surface area contributed by atoms with Gasteiger partial charge in [0.05, 0.1) is 7.11 Å². The number of carbonyl (C=O) groups is 1. The van der Waals surface area contributed by atoms with Crippen LogP contribution >= 0.6 is 0 Å². The summed E-state index contributed by atoms with van der Waals surface area (Å²) in [6.45, 7) is 3.92. The van der Waals surface area contributed by atoms with Crippen LogP contribution in [0, 0.1) is 6.92 Å². The third-order valence-electron chi connectivity index (χ3n) is 5.03. The number of benzene rings is 3. The molecule has 0 unspecified atom stereocenters. The molecule has 148 valence electrons. The van der Waals surface area contributed by atoms with Crippen molar-refractivity contribution in [3.05, 3.63) is 76.9 Å². The Balaban J connectivity index is 1.69. The topological polar surface area (TPSA) is 65.0 Å². The number of fused-ring (bicyclic) bond motifs is 3. The van der Waals surface area contributed by atoms with Crippen LogP contribution in [0.4, 0.5) is 0 Å². The van der Waals surface area contributed by atoms with Crippen LogP contribution in [0.3, 0.4) is 0 Å². The van der Waals surface area contributed by atoms with Crippen LogP contribution in [-0.2, 0) is 6.61 Å². The standard InChI is InChI=1S/C24H22O5/c1-14-4-6-16(7-5-14)13-28-23-12-21-19(11-22(23)27-3)18-9-8-17(15(2)25)10-20(18)24(26)29-21/h4-12,24,26H,13H2,1-3H3/t24-/m0/s1. The zero-order valence-corrected chi connectivity index (χ0v) is 16.6. The van der Waals surface area contributed by atoms with E-state index in [9.17, 15) is 9.90 Å². The van der Waals surface area contributed by atoms with E-state index in [1.54, 1.807) is 25.3 Å². The minimum absolute atomic E-state index is 0.0665. The number of ketones is 1. The lowest BCUT2D eigenvalue weighted by molar-refractivity contribution is -0.0215. The molecular formula is C24H22O5. The number of aliphatic hydroxyl groups excluding tert-OH is 1. The Kier molecular flexibility index (Phi) is 4.99. The molecule has 0 spiro atoms. The van der Waals surface area contributed by atoms with Crippen LogP contribution in [0.1, 0.15) is 40.3 Å². The van der Waals surface area contributed by atoms with E-state index in [-0.39, 0.29) is 5.78 Å². The van der Waals surface area contributed by atoms with Gasteiger partial charge in [-0.05, 0) is 37.1 Å². The smallest absolute Gasteiger partial charge is 0.224 e. The van der Waals surface area contributed by atoms with Crippen molar-refractivity contribution in [1.29, 1.82) is 0 Å². The first-order chi connectivity index (χ1) is 14.0. The molecule has 5 nitrogen and oxygen atoms in total. The molecule has 0 fully saturated rings. The molecule has 1 aliphatic heterocycles. The number of carbonyl (C=O) groups excluding carboxylic acids is 1. The first-order valence-electron chi connectivity index (χ1n) is 9.36. The highest BCUT2D eigenvalue weighted by Crippen LogP contribution is 2.47. The Morgan fingerprint density at radius 3 is 2.48 bits per heavy atom. The van der Waals surface area contributed by atoms with E-state index in [1.807, 2.05) is 43.3 Å². The lowest BCUT2D eigenvalue weighted by atomic mass is 9.93. The number of aliphatic hydroxyl groups is 1. The number of ether oxygens (including phenoxy) is 3. The fourth-order valence-electron chi connectivity index (χ4n) is 3.38. The molecule has 0 aliphatic carbocycles. The van der Waals surface area contributed by atoms with Crippen molar-refractivity contribution in [2.45, 2.75) is 26.7 Å². The summed E-state index contributed by atoms with van der Waals surface area (Å²) in [4.78, 5) is 11.7. The van der Waals surface area contributed by atoms with Crippen molar-refractivity contribution < 1.29 is 24.1 Å². The first kappa shape index (κ1) is 19.0. The van der Waals surface area contributed by atoms with E-state index < -0.39 is 6.29 Å². The number of Topliss-reactive ketones (excluding diaryl/α,β-unsaturated/α-hetero) is 1. The lowest BCUT2D eigenvalue weighted by Crippen LogP contribution is -2.14. The zero-order valence-electron chi connectivity index (χ0n) is 16.6. The van der Waals surface area contributed by atoms with E-state index in [2.05, 4.69) is 0 Å². The molecule has 1 atom stereocenters. The predicted octanol–water partition coefficient (Wildman–Crippen LogP) is 4.84. The van der Waals surface area contributed by atoms with E-state index in [0.29, 0.717) is 35.0 Å². The molecule has 1 heterocycles. The zero-order chi connectivity index (χ0) is 20.5. The van der Waals surface area contributed by atoms with Gasteiger partial charge in [0, 0.05) is 22.8 Å². The highest BCUT2D eigenvalue weighted by atomic mass is 16.6. The summed E-state index contributed by atoms with van der Waals surface area (Å²) < 4.78 is 17.2. The third-order valence-corrected chi connectivity index (χ3v) is 5.03. The van der Waals surface area contributed by atoms with Crippen LogP contribution in [-0.4, -0.2) is 18.0 Å². The maximum Gasteiger partial charge on any atom is 0.224 e. The van der Waals surface area contributed by atoms with Gasteiger partial charge in [-0.1, -0.05) is 42.0 Å². The maximum atomic E-state index is 11.7. The van der Waals surface area contributed by atoms with E-state index in [0.717, 1.165) is 16.7 Å². The van der Waals surface area contributed by atoms with Gasteiger partial charge in [0.2, 0.25) is 6.29 Å². The fraction of sp³-hybridized carbons (Fsp3) is 0.208. The molecule has 4 rings (SSSR count). The molecule has 0 radical (unpaired) electrons. The average molecular weight is 390 g/mol. The summed E-state index contributed by atoms with van der Waals surface area (Å²) in [6, 6.07) is 16.9. The second-order valence-electron chi connectivity index (χ2n) is 7.10. The largest absolute Gasteiger partial charge is 0.493 e. The molecule has 0 amide bonds. The normalized spacial score (nSPS) is 14.4. The van der Waals surface area contributed by atoms with Gasteiger partial charge in [-0.3, -0.25) is 4.79 Å². The number of rotatable bonds is 5. The van der Waals surface area contributed by atoms with Crippen LogP contribution in [0.25, 0.3) is 11.1 Å². The molecule has 0 bridgehead atoms. The Bertz CT molecular complexity index is 1070. The SMILES string of the molecule is COc1cc2c(cc1OCc1ccc(C)cc1)O[C@H](O)c1cc(C(C)=O)ccc1-2. The fourth-order valence-corrected chi connectivity index (χ4v) is 3.38. The van der Waals surface area contributed by atoms with Gasteiger partial charge in [0.1, 0.15) is 12.4 Å². The van der Waals surface area contributed by atoms with E-state index in [4.69, 9.17) is 14.2 Å². The Morgan fingerprint density at radius 2 is 1.79 bits per heavy atom. The molecule has 1 aliphatic rings. The van der Waals surface area contributed by atoms with E-state index >= 15 is 0 Å². The van der Waals surface area contributed by atoms with Crippen LogP contribution in [0.2, 0.25) is 0 Å². The van der Waals surface area contributed by atoms with Crippen molar-refractivity contribution in [3.8, 4) is 28.4 Å². The minimum atomic E-state index is -1.16. The molecule has 5 heteroatoms. The second-order valence-corrected chi connectivity index (χ2v) is 7.10. The number of hydrogen-bond donors (Lipinski definition) is 1. The van der Waals surface area contributed by atoms with Gasteiger partial charge >= 0.3 is 0 Å². The van der Waals surface area contributed by atoms with Crippen molar-refractivity contribution in [1.82, 2.24) is 0 Å². The molecule has 3 aromatic rings. The molecule has 1 N–H and O–H groups in total. The highest BCUT2D eigenvalue weighted by molar-refractivity contribution is 5.95. The van der Waals surface area contributed by atoms with Crippen LogP contribution < -0.4 is 14.2 Å². The minimum Gasteiger partial charge on any atom is -0.493 e. The van der Waals surface area contributed by atoms with Crippen LogP contribution in [0.5, 0.6) is 17.2 Å². The Morgan fingerprint density at radius 1 is 1.03 bits per heavy atom. The van der Waals surface area contributed by atoms with Crippen molar-refractivity contribution in [2.75, 3.05) is 7.11 Å². The molecule has 0 saturated carbocycles. The van der Waals surface area contributed by atoms with Crippen LogP contribution in [0.15, 0.2) is 54.6 Å². The maximum absolute atomic E-state index is 11.7. The summed E-state index contributed by atoms with van der Waals surface area (Å²) in [5.74, 6) is 1.53. The van der Waals surface area contributed by atoms with E-state index in [1.165, 1.54) is 12.5 Å². The van der Waals surface area contributed by atoms with Gasteiger partial charge in [-0.15, -0.1) is 0 Å². The van der Waals surface area contributed by atoms with Crippen molar-refractivity contribution in [3.63, 3.8) is 0 Å². The summed E-state index contributed by atoms with van der Waals surface area (Å²) in [5.41, 5.74) is 4.89. The van der Waals surface area contributed by atoms with Gasteiger partial charge in [-0.2, -0.15) is 0 Å². The predicted molar refractivity (Wildman–Crippen MR) is 110 cm³/mol. The first-order valence-corrected chi connectivity index (χ1v) is 9.36. The average Bonchev–Trinajstić information content (AvgIpc) is 2.72. The second kappa shape index (κ2) is 7.60. The summed E-state index contributed by atoms with van der Waals surface area (Å²) >= 11 is 0. The lowest BCUT2D eigenvalue weighted by Gasteiger charge is -2.27. The van der Waals surface area contributed by atoms with Gasteiger partial charge in [0.15, 0.2) is 17.3 Å². The summed E-state index contributed by atoms with van der Waals surface area (Å²) in [7, 11) is 1.58. The van der Waals surface area contributed by atoms with Gasteiger partial charge in [-0.25, -0.2) is 0 Å². The Labute approximate surface area is 169 Å². The Hall–Kier alpha value is -3.31. The highest BCUT2D eigenvalue weighted by Gasteiger charge is 2.27. The van der Waals surface area contributed by atoms with Gasteiger partial charge < -0.3 is 19.3 Å². The van der Waals surface area contributed by atoms with Gasteiger partial charge in [0.25, 0.3) is 0 Å². The molecule has 3 aromatic carbocycles. The third kappa shape index (κ3) is 3.69. The van der Waals surface area contributed by atoms with Crippen molar-refractivity contribution in [2.24, 2.45) is 0 Å². The monoisotopic (exact) mass is 390 g/mol.